The molecule has 62 valence electrons. The monoisotopic (exact) mass is 174 g/mol. The van der Waals surface area contributed by atoms with Crippen LogP contribution in [0.1, 0.15) is 12.8 Å². The molecular weight excluding hydrogens is 164 g/mol. The molecule has 0 saturated heterocycles. The zero-order chi connectivity index (χ0) is 8.27. The minimum Gasteiger partial charge on any atom is -0.335 e. The van der Waals surface area contributed by atoms with Crippen molar-refractivity contribution in [3.05, 3.63) is 0 Å². The van der Waals surface area contributed by atoms with Crippen molar-refractivity contribution in [2.75, 3.05) is 5.75 Å². The van der Waals surface area contributed by atoms with E-state index in [4.69, 9.17) is 0 Å². The molecule has 0 bridgehead atoms. The molecule has 11 heavy (non-hydrogen) atoms. The maximum atomic E-state index is 10.8. The number of hydrogen-bond donors (Lipinski definition) is 3. The molecule has 1 rings (SSSR count). The number of carbonyl (C=O) groups excluding carboxylic acids is 2. The second-order valence-corrected chi connectivity index (χ2v) is 2.77. The Kier molecular flexibility index (Phi) is 2.76. The van der Waals surface area contributed by atoms with E-state index in [2.05, 4.69) is 23.3 Å². The van der Waals surface area contributed by atoms with Crippen LogP contribution in [0.3, 0.4) is 0 Å². The van der Waals surface area contributed by atoms with Gasteiger partial charge in [0.15, 0.2) is 0 Å². The van der Waals surface area contributed by atoms with E-state index in [1.165, 1.54) is 0 Å². The zero-order valence-electron chi connectivity index (χ0n) is 5.96. The van der Waals surface area contributed by atoms with Gasteiger partial charge in [-0.25, -0.2) is 4.79 Å². The molecule has 5 heteroatoms. The highest BCUT2D eigenvalue weighted by Gasteiger charge is 2.23. The highest BCUT2D eigenvalue weighted by atomic mass is 32.1. The first-order chi connectivity index (χ1) is 5.22. The number of nitrogens with one attached hydrogen (secondary N) is 2. The quantitative estimate of drug-likeness (QED) is 0.512. The Morgan fingerprint density at radius 2 is 2.09 bits per heavy atom. The fourth-order valence-electron chi connectivity index (χ4n) is 0.615. The summed E-state index contributed by atoms with van der Waals surface area (Å²) in [5.74, 6) is -0.329. The van der Waals surface area contributed by atoms with Gasteiger partial charge in [0.05, 0.1) is 5.75 Å². The number of hydrogen-bond acceptors (Lipinski definition) is 3. The molecule has 3 amide bonds. The zero-order valence-corrected chi connectivity index (χ0v) is 6.86. The van der Waals surface area contributed by atoms with Gasteiger partial charge in [0.1, 0.15) is 0 Å². The van der Waals surface area contributed by atoms with E-state index in [1.54, 1.807) is 0 Å². The summed E-state index contributed by atoms with van der Waals surface area (Å²) < 4.78 is 0. The molecule has 0 atom stereocenters. The molecule has 2 N–H and O–H groups in total. The smallest absolute Gasteiger partial charge is 0.321 e. The van der Waals surface area contributed by atoms with Gasteiger partial charge >= 0.3 is 6.03 Å². The third-order valence-corrected chi connectivity index (χ3v) is 1.60. The lowest BCUT2D eigenvalue weighted by molar-refractivity contribution is -0.117. The van der Waals surface area contributed by atoms with E-state index in [0.717, 1.165) is 12.8 Å². The molecular formula is C6H10N2O2S. The molecule has 0 unspecified atom stereocenters. The summed E-state index contributed by atoms with van der Waals surface area (Å²) in [4.78, 5) is 21.4. The first kappa shape index (κ1) is 8.39. The van der Waals surface area contributed by atoms with Crippen LogP contribution in [0.5, 0.6) is 0 Å². The second-order valence-electron chi connectivity index (χ2n) is 2.45. The number of rotatable bonds is 2. The lowest BCUT2D eigenvalue weighted by Gasteiger charge is -2.02. The fraction of sp³-hybridized carbons (Fsp3) is 0.667. The first-order valence-corrected chi connectivity index (χ1v) is 4.07. The fourth-order valence-corrected chi connectivity index (χ4v) is 0.694. The average molecular weight is 174 g/mol. The summed E-state index contributed by atoms with van der Waals surface area (Å²) in [7, 11) is 0. The Hall–Kier alpha value is -0.710. The number of urea groups is 1. The third-order valence-electron chi connectivity index (χ3n) is 1.31. The normalized spacial score (nSPS) is 15.7. The Morgan fingerprint density at radius 3 is 2.55 bits per heavy atom. The number of amides is 3. The maximum absolute atomic E-state index is 10.8. The van der Waals surface area contributed by atoms with Crippen molar-refractivity contribution in [3.8, 4) is 0 Å². The summed E-state index contributed by atoms with van der Waals surface area (Å²) in [6.45, 7) is 0. The van der Waals surface area contributed by atoms with E-state index in [0.29, 0.717) is 0 Å². The summed E-state index contributed by atoms with van der Waals surface area (Å²) in [6, 6.07) is -0.130. The lowest BCUT2D eigenvalue weighted by Crippen LogP contribution is -2.40. The van der Waals surface area contributed by atoms with Gasteiger partial charge in [0.2, 0.25) is 5.91 Å². The van der Waals surface area contributed by atoms with Crippen LogP contribution in [-0.4, -0.2) is 23.7 Å². The van der Waals surface area contributed by atoms with Crippen molar-refractivity contribution in [1.29, 1.82) is 0 Å². The van der Waals surface area contributed by atoms with Gasteiger partial charge in [-0.1, -0.05) is 0 Å². The highest BCUT2D eigenvalue weighted by molar-refractivity contribution is 7.81. The first-order valence-electron chi connectivity index (χ1n) is 3.43. The van der Waals surface area contributed by atoms with Crippen LogP contribution in [0, 0.1) is 0 Å². The molecule has 0 heterocycles. The number of thiol groups is 1. The summed E-state index contributed by atoms with van der Waals surface area (Å²) in [6.07, 6.45) is 2.03. The second kappa shape index (κ2) is 3.61. The Labute approximate surface area is 70.1 Å². The van der Waals surface area contributed by atoms with Crippen LogP contribution in [-0.2, 0) is 4.79 Å². The van der Waals surface area contributed by atoms with Crippen molar-refractivity contribution >= 4 is 24.6 Å². The van der Waals surface area contributed by atoms with Crippen molar-refractivity contribution in [3.63, 3.8) is 0 Å². The summed E-state index contributed by atoms with van der Waals surface area (Å²) in [5, 5.41) is 4.75. The predicted octanol–water partition coefficient (Wildman–Crippen LogP) is -0.0956. The Bertz CT molecular complexity index is 179. The topological polar surface area (TPSA) is 58.2 Å². The molecule has 0 radical (unpaired) electrons. The number of carbonyl (C=O) groups is 2. The molecule has 0 aliphatic heterocycles. The van der Waals surface area contributed by atoms with Crippen molar-refractivity contribution in [2.45, 2.75) is 18.9 Å². The van der Waals surface area contributed by atoms with Crippen molar-refractivity contribution < 1.29 is 9.59 Å². The van der Waals surface area contributed by atoms with E-state index in [9.17, 15) is 9.59 Å². The Balaban J connectivity index is 2.13. The van der Waals surface area contributed by atoms with E-state index in [-0.39, 0.29) is 17.7 Å². The molecule has 1 aliphatic rings. The van der Waals surface area contributed by atoms with Gasteiger partial charge in [-0.3, -0.25) is 10.1 Å². The van der Waals surface area contributed by atoms with Crippen LogP contribution >= 0.6 is 12.6 Å². The molecule has 4 nitrogen and oxygen atoms in total. The summed E-state index contributed by atoms with van der Waals surface area (Å²) in [5.41, 5.74) is 0. The minimum absolute atomic E-state index is 0.0398. The van der Waals surface area contributed by atoms with Gasteiger partial charge in [0.25, 0.3) is 0 Å². The van der Waals surface area contributed by atoms with Crippen LogP contribution in [0.4, 0.5) is 4.79 Å². The molecule has 1 aliphatic carbocycles. The van der Waals surface area contributed by atoms with Crippen molar-refractivity contribution in [2.24, 2.45) is 0 Å². The highest BCUT2D eigenvalue weighted by Crippen LogP contribution is 2.18. The van der Waals surface area contributed by atoms with Gasteiger partial charge in [-0.05, 0) is 12.8 Å². The number of imide groups is 1. The van der Waals surface area contributed by atoms with Crippen LogP contribution in [0.2, 0.25) is 0 Å². The molecule has 0 aromatic carbocycles. The molecule has 1 fully saturated rings. The van der Waals surface area contributed by atoms with Gasteiger partial charge in [0, 0.05) is 6.04 Å². The predicted molar refractivity (Wildman–Crippen MR) is 43.5 cm³/mol. The minimum atomic E-state index is -0.411. The van der Waals surface area contributed by atoms with Gasteiger partial charge in [-0.15, -0.1) is 0 Å². The maximum Gasteiger partial charge on any atom is 0.321 e. The van der Waals surface area contributed by atoms with Crippen LogP contribution in [0.15, 0.2) is 0 Å². The summed E-state index contributed by atoms with van der Waals surface area (Å²) >= 11 is 3.70. The van der Waals surface area contributed by atoms with Crippen molar-refractivity contribution in [1.82, 2.24) is 10.6 Å². The largest absolute Gasteiger partial charge is 0.335 e. The SMILES string of the molecule is O=C(CS)NC(=O)NC1CC1. The Morgan fingerprint density at radius 1 is 1.45 bits per heavy atom. The van der Waals surface area contributed by atoms with Crippen LogP contribution < -0.4 is 10.6 Å². The molecule has 0 aromatic heterocycles. The van der Waals surface area contributed by atoms with E-state index < -0.39 is 6.03 Å². The van der Waals surface area contributed by atoms with Gasteiger partial charge < -0.3 is 5.32 Å². The molecule has 0 spiro atoms. The lowest BCUT2D eigenvalue weighted by atomic mass is 10.6. The van der Waals surface area contributed by atoms with E-state index >= 15 is 0 Å². The standard InChI is InChI=1S/C6H10N2O2S/c9-5(3-11)8-6(10)7-4-1-2-4/h4,11H,1-3H2,(H2,7,8,9,10). The third kappa shape index (κ3) is 3.27. The molecule has 0 aromatic rings. The molecule has 1 saturated carbocycles. The van der Waals surface area contributed by atoms with E-state index in [1.807, 2.05) is 0 Å². The van der Waals surface area contributed by atoms with Crippen LogP contribution in [0.25, 0.3) is 0 Å². The van der Waals surface area contributed by atoms with Gasteiger partial charge in [-0.2, -0.15) is 12.6 Å². The average Bonchev–Trinajstić information content (AvgIpc) is 2.71.